The minimum absolute atomic E-state index is 0.317. The van der Waals surface area contributed by atoms with E-state index in [4.69, 9.17) is 0 Å². The Kier molecular flexibility index (Phi) is 4.43. The van der Waals surface area contributed by atoms with Gasteiger partial charge in [-0.15, -0.1) is 11.3 Å². The molecule has 108 valence electrons. The highest BCUT2D eigenvalue weighted by atomic mass is 79.9. The van der Waals surface area contributed by atoms with E-state index >= 15 is 0 Å². The second kappa shape index (κ2) is 6.30. The Bertz CT molecular complexity index is 763. The molecule has 1 nitrogen and oxygen atoms in total. The molecular weight excluding hydrogens is 342 g/mol. The summed E-state index contributed by atoms with van der Waals surface area (Å²) in [7, 11) is 2.04. The fourth-order valence-corrected chi connectivity index (χ4v) is 4.21. The van der Waals surface area contributed by atoms with E-state index in [1.165, 1.54) is 31.2 Å². The summed E-state index contributed by atoms with van der Waals surface area (Å²) in [6, 6.07) is 15.5. The molecule has 3 aromatic rings. The van der Waals surface area contributed by atoms with Crippen LogP contribution < -0.4 is 5.32 Å². The van der Waals surface area contributed by atoms with Gasteiger partial charge in [-0.05, 0) is 54.4 Å². The van der Waals surface area contributed by atoms with E-state index in [-0.39, 0.29) is 0 Å². The number of hydrogen-bond acceptors (Lipinski definition) is 2. The number of hydrogen-bond donors (Lipinski definition) is 1. The minimum atomic E-state index is 0.317. The molecule has 0 aliphatic carbocycles. The van der Waals surface area contributed by atoms with Crippen molar-refractivity contribution in [2.45, 2.75) is 19.4 Å². The fourth-order valence-electron chi connectivity index (χ4n) is 2.71. The van der Waals surface area contributed by atoms with E-state index < -0.39 is 0 Å². The molecule has 0 aliphatic heterocycles. The van der Waals surface area contributed by atoms with Crippen molar-refractivity contribution < 1.29 is 0 Å². The Balaban J connectivity index is 1.96. The summed E-state index contributed by atoms with van der Waals surface area (Å²) in [5.41, 5.74) is 4.04. The number of rotatable bonds is 4. The zero-order chi connectivity index (χ0) is 14.8. The number of fused-ring (bicyclic) bond motifs is 1. The largest absolute Gasteiger partial charge is 0.313 e. The maximum Gasteiger partial charge on any atom is 0.0370 e. The first-order valence-corrected chi connectivity index (χ1v) is 8.74. The van der Waals surface area contributed by atoms with Crippen LogP contribution in [-0.2, 0) is 6.42 Å². The molecule has 0 aliphatic rings. The van der Waals surface area contributed by atoms with Gasteiger partial charge in [-0.2, -0.15) is 0 Å². The molecule has 21 heavy (non-hydrogen) atoms. The van der Waals surface area contributed by atoms with Crippen LogP contribution in [-0.4, -0.2) is 7.05 Å². The molecule has 0 radical (unpaired) electrons. The Morgan fingerprint density at radius 1 is 1.19 bits per heavy atom. The van der Waals surface area contributed by atoms with Crippen molar-refractivity contribution in [3.8, 4) is 0 Å². The summed E-state index contributed by atoms with van der Waals surface area (Å²) < 4.78 is 2.54. The normalized spacial score (nSPS) is 12.7. The van der Waals surface area contributed by atoms with E-state index in [1.807, 2.05) is 18.4 Å². The first kappa shape index (κ1) is 14.8. The monoisotopic (exact) mass is 359 g/mol. The maximum atomic E-state index is 3.69. The standard InChI is InChI=1S/C18H18BrNS/c1-12-7-8-16(19)15(9-12)17(20-2)10-13-11-21-18-6-4-3-5-14(13)18/h3-9,11,17,20H,10H2,1-2H3. The second-order valence-corrected chi connectivity index (χ2v) is 7.09. The number of halogens is 1. The highest BCUT2D eigenvalue weighted by Gasteiger charge is 2.15. The van der Waals surface area contributed by atoms with Crippen LogP contribution >= 0.6 is 27.3 Å². The van der Waals surface area contributed by atoms with Crippen molar-refractivity contribution in [1.29, 1.82) is 0 Å². The van der Waals surface area contributed by atoms with Gasteiger partial charge in [0.25, 0.3) is 0 Å². The first-order valence-electron chi connectivity index (χ1n) is 7.07. The Morgan fingerprint density at radius 3 is 2.81 bits per heavy atom. The third kappa shape index (κ3) is 3.05. The molecule has 0 saturated heterocycles. The van der Waals surface area contributed by atoms with Gasteiger partial charge in [0.2, 0.25) is 0 Å². The Morgan fingerprint density at radius 2 is 2.00 bits per heavy atom. The van der Waals surface area contributed by atoms with E-state index in [1.54, 1.807) is 0 Å². The van der Waals surface area contributed by atoms with E-state index in [2.05, 4.69) is 76.0 Å². The van der Waals surface area contributed by atoms with Gasteiger partial charge in [0.1, 0.15) is 0 Å². The Hall–Kier alpha value is -1.16. The summed E-state index contributed by atoms with van der Waals surface area (Å²) in [5.74, 6) is 0. The molecule has 0 fully saturated rings. The number of nitrogens with one attached hydrogen (secondary N) is 1. The molecule has 3 heteroatoms. The van der Waals surface area contributed by atoms with Crippen LogP contribution in [0.15, 0.2) is 52.3 Å². The van der Waals surface area contributed by atoms with Crippen molar-refractivity contribution in [3.05, 3.63) is 69.0 Å². The number of aryl methyl sites for hydroxylation is 1. The van der Waals surface area contributed by atoms with E-state index in [0.717, 1.165) is 6.42 Å². The zero-order valence-electron chi connectivity index (χ0n) is 12.2. The summed E-state index contributed by atoms with van der Waals surface area (Å²) in [6.07, 6.45) is 1.00. The van der Waals surface area contributed by atoms with Crippen molar-refractivity contribution in [3.63, 3.8) is 0 Å². The van der Waals surface area contributed by atoms with Crippen LogP contribution in [0.5, 0.6) is 0 Å². The number of benzene rings is 2. The third-order valence-electron chi connectivity index (χ3n) is 3.86. The van der Waals surface area contributed by atoms with Gasteiger partial charge in [0.15, 0.2) is 0 Å². The van der Waals surface area contributed by atoms with Gasteiger partial charge in [-0.25, -0.2) is 0 Å². The molecule has 0 spiro atoms. The predicted molar refractivity (Wildman–Crippen MR) is 96.2 cm³/mol. The van der Waals surface area contributed by atoms with E-state index in [0.29, 0.717) is 6.04 Å². The van der Waals surface area contributed by atoms with Gasteiger partial charge >= 0.3 is 0 Å². The molecule has 1 atom stereocenters. The smallest absolute Gasteiger partial charge is 0.0370 e. The van der Waals surface area contributed by atoms with Gasteiger partial charge < -0.3 is 5.32 Å². The van der Waals surface area contributed by atoms with Crippen molar-refractivity contribution in [2.24, 2.45) is 0 Å². The lowest BCUT2D eigenvalue weighted by Crippen LogP contribution is -2.19. The molecule has 1 unspecified atom stereocenters. The van der Waals surface area contributed by atoms with Gasteiger partial charge in [-0.3, -0.25) is 0 Å². The summed E-state index contributed by atoms with van der Waals surface area (Å²) in [5, 5.41) is 7.14. The van der Waals surface area contributed by atoms with Gasteiger partial charge in [0.05, 0.1) is 0 Å². The lowest BCUT2D eigenvalue weighted by molar-refractivity contribution is 0.592. The molecule has 0 saturated carbocycles. The topological polar surface area (TPSA) is 12.0 Å². The van der Waals surface area contributed by atoms with Crippen molar-refractivity contribution in [2.75, 3.05) is 7.05 Å². The summed E-state index contributed by atoms with van der Waals surface area (Å²) in [4.78, 5) is 0. The van der Waals surface area contributed by atoms with Crippen LogP contribution in [0.2, 0.25) is 0 Å². The third-order valence-corrected chi connectivity index (χ3v) is 5.60. The number of thiophene rings is 1. The van der Waals surface area contributed by atoms with Crippen LogP contribution in [0.4, 0.5) is 0 Å². The Labute approximate surface area is 138 Å². The fraction of sp³-hybridized carbons (Fsp3) is 0.222. The lowest BCUT2D eigenvalue weighted by atomic mass is 9.97. The quantitative estimate of drug-likeness (QED) is 0.650. The number of likely N-dealkylation sites (N-methyl/N-ethyl adjacent to an activating group) is 1. The molecule has 0 bridgehead atoms. The van der Waals surface area contributed by atoms with Crippen LogP contribution in [0.1, 0.15) is 22.7 Å². The highest BCUT2D eigenvalue weighted by molar-refractivity contribution is 9.10. The van der Waals surface area contributed by atoms with Crippen LogP contribution in [0.25, 0.3) is 10.1 Å². The van der Waals surface area contributed by atoms with Gasteiger partial charge in [0, 0.05) is 15.2 Å². The molecule has 2 aromatic carbocycles. The second-order valence-electron chi connectivity index (χ2n) is 5.33. The molecule has 3 rings (SSSR count). The van der Waals surface area contributed by atoms with E-state index in [9.17, 15) is 0 Å². The molecule has 0 amide bonds. The maximum absolute atomic E-state index is 3.69. The molecular formula is C18H18BrNS. The minimum Gasteiger partial charge on any atom is -0.313 e. The summed E-state index contributed by atoms with van der Waals surface area (Å²) >= 11 is 5.52. The SMILES string of the molecule is CNC(Cc1csc2ccccc12)c1cc(C)ccc1Br. The average Bonchev–Trinajstić information content (AvgIpc) is 2.91. The molecule has 1 N–H and O–H groups in total. The summed E-state index contributed by atoms with van der Waals surface area (Å²) in [6.45, 7) is 2.14. The van der Waals surface area contributed by atoms with Crippen LogP contribution in [0, 0.1) is 6.92 Å². The zero-order valence-corrected chi connectivity index (χ0v) is 14.6. The van der Waals surface area contributed by atoms with Crippen molar-refractivity contribution >= 4 is 37.4 Å². The van der Waals surface area contributed by atoms with Gasteiger partial charge in [-0.1, -0.05) is 51.8 Å². The van der Waals surface area contributed by atoms with Crippen molar-refractivity contribution in [1.82, 2.24) is 5.32 Å². The average molecular weight is 360 g/mol. The molecule has 1 aromatic heterocycles. The van der Waals surface area contributed by atoms with Crippen LogP contribution in [0.3, 0.4) is 0 Å². The first-order chi connectivity index (χ1) is 10.2. The lowest BCUT2D eigenvalue weighted by Gasteiger charge is -2.18. The molecule has 1 heterocycles. The predicted octanol–water partition coefficient (Wildman–Crippen LogP) is 5.48. The highest BCUT2D eigenvalue weighted by Crippen LogP contribution is 2.32.